The van der Waals surface area contributed by atoms with Gasteiger partial charge in [-0.25, -0.2) is 5.43 Å². The van der Waals surface area contributed by atoms with Gasteiger partial charge in [-0.1, -0.05) is 0 Å². The SMILES string of the molecule is C1CNN[N]1. The van der Waals surface area contributed by atoms with Crippen LogP contribution >= 0.6 is 0 Å². The molecule has 0 aromatic rings. The Bertz CT molecular complexity index is 16.5. The maximum atomic E-state index is 3.72. The van der Waals surface area contributed by atoms with Gasteiger partial charge in [0.2, 0.25) is 0 Å². The van der Waals surface area contributed by atoms with Crippen molar-refractivity contribution in [1.82, 2.24) is 16.4 Å². The molecule has 3 nitrogen and oxygen atoms in total. The number of nitrogens with one attached hydrogen (secondary N) is 2. The van der Waals surface area contributed by atoms with Crippen molar-refractivity contribution in [2.45, 2.75) is 0 Å². The third-order valence-electron chi connectivity index (χ3n) is 0.507. The van der Waals surface area contributed by atoms with E-state index in [1.54, 1.807) is 0 Å². The lowest BCUT2D eigenvalue weighted by Crippen LogP contribution is -2.24. The van der Waals surface area contributed by atoms with Gasteiger partial charge in [-0.3, -0.25) is 0 Å². The van der Waals surface area contributed by atoms with Crippen LogP contribution in [-0.2, 0) is 0 Å². The monoisotopic (exact) mass is 72.1 g/mol. The Labute approximate surface area is 30.7 Å². The highest BCUT2D eigenvalue weighted by molar-refractivity contribution is 4.46. The third-order valence-corrected chi connectivity index (χ3v) is 0.507. The molecule has 0 aromatic carbocycles. The standard InChI is InChI=1S/C2H6N3/c1-2-4-5-3-1/h3,5H,1-2H2. The highest BCUT2D eigenvalue weighted by atomic mass is 15.6. The average molecular weight is 72.1 g/mol. The van der Waals surface area contributed by atoms with E-state index in [9.17, 15) is 0 Å². The summed E-state index contributed by atoms with van der Waals surface area (Å²) in [6.07, 6.45) is 0. The van der Waals surface area contributed by atoms with Crippen molar-refractivity contribution in [2.24, 2.45) is 0 Å². The molecule has 0 unspecified atom stereocenters. The molecule has 0 atom stereocenters. The molecule has 1 aliphatic heterocycles. The summed E-state index contributed by atoms with van der Waals surface area (Å²) in [7, 11) is 0. The van der Waals surface area contributed by atoms with E-state index in [1.807, 2.05) is 0 Å². The average Bonchev–Trinajstić information content (AvgIpc) is 1.76. The van der Waals surface area contributed by atoms with Crippen LogP contribution in [0, 0.1) is 0 Å². The van der Waals surface area contributed by atoms with Crippen LogP contribution in [-0.4, -0.2) is 13.1 Å². The molecule has 1 heterocycles. The highest BCUT2D eigenvalue weighted by Gasteiger charge is 1.91. The number of hydrazine groups is 1. The van der Waals surface area contributed by atoms with Gasteiger partial charge < -0.3 is 0 Å². The first-order valence-corrected chi connectivity index (χ1v) is 1.64. The molecule has 0 saturated carbocycles. The fourth-order valence-corrected chi connectivity index (χ4v) is 0.280. The first-order chi connectivity index (χ1) is 2.50. The molecule has 3 heteroatoms. The second kappa shape index (κ2) is 1.35. The normalized spacial score (nSPS) is 24.0. The molecule has 1 fully saturated rings. The molecule has 1 saturated heterocycles. The van der Waals surface area contributed by atoms with Gasteiger partial charge in [-0.2, -0.15) is 5.53 Å². The smallest absolute Gasteiger partial charge is 0.0458 e. The zero-order valence-corrected chi connectivity index (χ0v) is 2.86. The van der Waals surface area contributed by atoms with Crippen molar-refractivity contribution in [1.29, 1.82) is 0 Å². The summed E-state index contributed by atoms with van der Waals surface area (Å²) in [5, 5.41) is 0. The molecule has 1 aliphatic rings. The van der Waals surface area contributed by atoms with Crippen molar-refractivity contribution < 1.29 is 0 Å². The predicted molar refractivity (Wildman–Crippen MR) is 18.1 cm³/mol. The molecular formula is C2H6N3. The van der Waals surface area contributed by atoms with Crippen LogP contribution in [0.3, 0.4) is 0 Å². The summed E-state index contributed by atoms with van der Waals surface area (Å²) >= 11 is 0. The number of rotatable bonds is 0. The summed E-state index contributed by atoms with van der Waals surface area (Å²) < 4.78 is 0. The van der Waals surface area contributed by atoms with Crippen molar-refractivity contribution in [3.8, 4) is 0 Å². The Hall–Kier alpha value is -0.120. The van der Waals surface area contributed by atoms with Gasteiger partial charge in [0, 0.05) is 13.1 Å². The lowest BCUT2D eigenvalue weighted by Gasteiger charge is -1.79. The van der Waals surface area contributed by atoms with Crippen molar-refractivity contribution >= 4 is 0 Å². The van der Waals surface area contributed by atoms with Crippen LogP contribution in [0.15, 0.2) is 0 Å². The Morgan fingerprint density at radius 2 is 2.60 bits per heavy atom. The summed E-state index contributed by atoms with van der Waals surface area (Å²) in [4.78, 5) is 0. The number of nitrogens with zero attached hydrogens (tertiary/aromatic N) is 1. The van der Waals surface area contributed by atoms with E-state index in [2.05, 4.69) is 16.4 Å². The summed E-state index contributed by atoms with van der Waals surface area (Å²) in [6, 6.07) is 0. The van der Waals surface area contributed by atoms with Gasteiger partial charge in [0.25, 0.3) is 0 Å². The van der Waals surface area contributed by atoms with Crippen LogP contribution in [0.4, 0.5) is 0 Å². The molecule has 0 bridgehead atoms. The van der Waals surface area contributed by atoms with E-state index in [0.717, 1.165) is 13.1 Å². The van der Waals surface area contributed by atoms with Gasteiger partial charge in [-0.15, -0.1) is 5.43 Å². The first-order valence-electron chi connectivity index (χ1n) is 1.64. The van der Waals surface area contributed by atoms with E-state index < -0.39 is 0 Å². The quantitative estimate of drug-likeness (QED) is 0.370. The molecule has 5 heavy (non-hydrogen) atoms. The van der Waals surface area contributed by atoms with Gasteiger partial charge >= 0.3 is 0 Å². The lowest BCUT2D eigenvalue weighted by molar-refractivity contribution is 0.582. The van der Waals surface area contributed by atoms with Crippen LogP contribution in [0.2, 0.25) is 0 Å². The van der Waals surface area contributed by atoms with E-state index >= 15 is 0 Å². The van der Waals surface area contributed by atoms with Gasteiger partial charge in [-0.05, 0) is 0 Å². The van der Waals surface area contributed by atoms with Crippen LogP contribution < -0.4 is 16.4 Å². The topological polar surface area (TPSA) is 38.2 Å². The van der Waals surface area contributed by atoms with Crippen molar-refractivity contribution in [3.05, 3.63) is 0 Å². The minimum Gasteiger partial charge on any atom is -0.241 e. The van der Waals surface area contributed by atoms with E-state index in [0.29, 0.717) is 0 Å². The second-order valence-corrected chi connectivity index (χ2v) is 0.920. The lowest BCUT2D eigenvalue weighted by atomic mass is 10.7. The van der Waals surface area contributed by atoms with Gasteiger partial charge in [0.05, 0.1) is 0 Å². The molecular weight excluding hydrogens is 66.0 g/mol. The molecule has 0 amide bonds. The van der Waals surface area contributed by atoms with E-state index in [4.69, 9.17) is 0 Å². The third kappa shape index (κ3) is 0.576. The summed E-state index contributed by atoms with van der Waals surface area (Å²) in [5.74, 6) is 0. The molecule has 0 spiro atoms. The maximum absolute atomic E-state index is 3.72. The minimum absolute atomic E-state index is 0.903. The predicted octanol–water partition coefficient (Wildman–Crippen LogP) is -1.39. The van der Waals surface area contributed by atoms with Crippen LogP contribution in [0.5, 0.6) is 0 Å². The van der Waals surface area contributed by atoms with Crippen molar-refractivity contribution in [3.63, 3.8) is 0 Å². The Balaban J connectivity index is 2.08. The zero-order valence-electron chi connectivity index (χ0n) is 2.86. The van der Waals surface area contributed by atoms with Crippen LogP contribution in [0.25, 0.3) is 0 Å². The second-order valence-electron chi connectivity index (χ2n) is 0.920. The first kappa shape index (κ1) is 3.08. The Morgan fingerprint density at radius 3 is 2.80 bits per heavy atom. The fourth-order valence-electron chi connectivity index (χ4n) is 0.280. The summed E-state index contributed by atoms with van der Waals surface area (Å²) in [5.41, 5.74) is 9.12. The summed E-state index contributed by atoms with van der Waals surface area (Å²) in [6.45, 7) is 1.88. The fraction of sp³-hybridized carbons (Fsp3) is 1.00. The number of hydrogen-bond acceptors (Lipinski definition) is 2. The van der Waals surface area contributed by atoms with Gasteiger partial charge in [0.1, 0.15) is 0 Å². The number of hydrogen-bond donors (Lipinski definition) is 2. The maximum Gasteiger partial charge on any atom is 0.0458 e. The Morgan fingerprint density at radius 1 is 1.60 bits per heavy atom. The molecule has 29 valence electrons. The minimum atomic E-state index is 0.903. The Kier molecular flexibility index (Phi) is 0.834. The molecule has 0 aromatic heterocycles. The molecule has 1 rings (SSSR count). The highest BCUT2D eigenvalue weighted by Crippen LogP contribution is 1.58. The van der Waals surface area contributed by atoms with Crippen LogP contribution in [0.1, 0.15) is 0 Å². The van der Waals surface area contributed by atoms with Crippen molar-refractivity contribution in [2.75, 3.05) is 13.1 Å². The van der Waals surface area contributed by atoms with E-state index in [1.165, 1.54) is 0 Å². The zero-order chi connectivity index (χ0) is 3.54. The van der Waals surface area contributed by atoms with Gasteiger partial charge in [0.15, 0.2) is 0 Å². The largest absolute Gasteiger partial charge is 0.241 e. The molecule has 2 N–H and O–H groups in total. The molecule has 0 aliphatic carbocycles. The molecule has 1 radical (unpaired) electrons. The van der Waals surface area contributed by atoms with E-state index in [-0.39, 0.29) is 0 Å².